The van der Waals surface area contributed by atoms with E-state index in [0.717, 1.165) is 13.1 Å². The first-order valence-corrected chi connectivity index (χ1v) is 4.26. The maximum atomic E-state index is 3.66. The number of thioether (sulfide) groups is 1. The summed E-state index contributed by atoms with van der Waals surface area (Å²) in [6.45, 7) is 5.92. The number of hydrogen-bond acceptors (Lipinski definition) is 2. The third-order valence-corrected chi connectivity index (χ3v) is 2.50. The minimum Gasteiger partial charge on any atom is -0.315 e. The van der Waals surface area contributed by atoms with E-state index < -0.39 is 0 Å². The zero-order chi connectivity index (χ0) is 6.53. The van der Waals surface area contributed by atoms with E-state index in [9.17, 15) is 0 Å². The number of hydrogen-bond donors (Lipinski definition) is 1. The van der Waals surface area contributed by atoms with E-state index in [-0.39, 0.29) is 0 Å². The quantitative estimate of drug-likeness (QED) is 0.619. The molecule has 1 unspecified atom stereocenters. The minimum absolute atomic E-state index is 0.663. The standard InChI is InChI=1S/C7H12NS/c1-2-3-7-6-8-4-5-9-7/h2-3,7-8H,1,4-6H2. The third kappa shape index (κ3) is 2.41. The van der Waals surface area contributed by atoms with Gasteiger partial charge in [-0.3, -0.25) is 0 Å². The van der Waals surface area contributed by atoms with Gasteiger partial charge >= 0.3 is 0 Å². The second-order valence-electron chi connectivity index (χ2n) is 2.04. The Hall–Kier alpha value is 0.0500. The molecule has 1 fully saturated rings. The first-order chi connectivity index (χ1) is 4.43. The van der Waals surface area contributed by atoms with E-state index in [1.54, 1.807) is 0 Å². The van der Waals surface area contributed by atoms with Crippen LogP contribution < -0.4 is 5.32 Å². The molecule has 0 aromatic heterocycles. The van der Waals surface area contributed by atoms with Gasteiger partial charge in [0.2, 0.25) is 0 Å². The van der Waals surface area contributed by atoms with E-state index in [2.05, 4.69) is 18.3 Å². The van der Waals surface area contributed by atoms with Crippen LogP contribution in [0.4, 0.5) is 0 Å². The average molecular weight is 142 g/mol. The lowest BCUT2D eigenvalue weighted by molar-refractivity contribution is 0.708. The predicted molar refractivity (Wildman–Crippen MR) is 43.6 cm³/mol. The van der Waals surface area contributed by atoms with Gasteiger partial charge in [0.05, 0.1) is 0 Å². The fourth-order valence-corrected chi connectivity index (χ4v) is 1.88. The SMILES string of the molecule is C=C[CH]C1CNCCS1. The summed E-state index contributed by atoms with van der Waals surface area (Å²) in [5.74, 6) is 1.23. The highest BCUT2D eigenvalue weighted by Crippen LogP contribution is 2.15. The van der Waals surface area contributed by atoms with Gasteiger partial charge < -0.3 is 5.32 Å². The summed E-state index contributed by atoms with van der Waals surface area (Å²) in [5, 5.41) is 3.98. The van der Waals surface area contributed by atoms with Crippen LogP contribution in [0.3, 0.4) is 0 Å². The fourth-order valence-electron chi connectivity index (χ4n) is 0.861. The molecular formula is C7H12NS. The van der Waals surface area contributed by atoms with Crippen LogP contribution in [0.1, 0.15) is 0 Å². The van der Waals surface area contributed by atoms with E-state index in [0.29, 0.717) is 5.25 Å². The number of nitrogens with one attached hydrogen (secondary N) is 1. The van der Waals surface area contributed by atoms with Crippen molar-refractivity contribution in [1.29, 1.82) is 0 Å². The van der Waals surface area contributed by atoms with Crippen molar-refractivity contribution < 1.29 is 0 Å². The van der Waals surface area contributed by atoms with Gasteiger partial charge in [0.1, 0.15) is 0 Å². The molecule has 0 aliphatic carbocycles. The van der Waals surface area contributed by atoms with E-state index in [4.69, 9.17) is 0 Å². The van der Waals surface area contributed by atoms with Crippen LogP contribution in [0.15, 0.2) is 12.7 Å². The van der Waals surface area contributed by atoms with Gasteiger partial charge in [0, 0.05) is 24.1 Å². The molecule has 0 spiro atoms. The molecule has 51 valence electrons. The first kappa shape index (κ1) is 7.16. The van der Waals surface area contributed by atoms with Gasteiger partial charge in [-0.05, 0) is 6.42 Å². The van der Waals surface area contributed by atoms with E-state index in [1.807, 2.05) is 17.8 Å². The Kier molecular flexibility index (Phi) is 3.15. The Morgan fingerprint density at radius 3 is 3.11 bits per heavy atom. The Bertz CT molecular complexity index is 86.9. The summed E-state index contributed by atoms with van der Waals surface area (Å²) in [7, 11) is 0. The Morgan fingerprint density at radius 1 is 1.67 bits per heavy atom. The van der Waals surface area contributed by atoms with Crippen molar-refractivity contribution in [3.8, 4) is 0 Å². The maximum absolute atomic E-state index is 3.66. The van der Waals surface area contributed by atoms with Crippen molar-refractivity contribution in [1.82, 2.24) is 5.32 Å². The second-order valence-corrected chi connectivity index (χ2v) is 3.39. The van der Waals surface area contributed by atoms with Gasteiger partial charge in [0.15, 0.2) is 0 Å². The van der Waals surface area contributed by atoms with Crippen LogP contribution in [0.5, 0.6) is 0 Å². The van der Waals surface area contributed by atoms with Crippen molar-refractivity contribution in [3.63, 3.8) is 0 Å². The molecule has 1 rings (SSSR count). The molecule has 1 atom stereocenters. The minimum atomic E-state index is 0.663. The highest BCUT2D eigenvalue weighted by molar-refractivity contribution is 8.00. The zero-order valence-corrected chi connectivity index (χ0v) is 6.29. The van der Waals surface area contributed by atoms with Crippen LogP contribution in [0.2, 0.25) is 0 Å². The van der Waals surface area contributed by atoms with Crippen LogP contribution >= 0.6 is 11.8 Å². The summed E-state index contributed by atoms with van der Waals surface area (Å²) in [6, 6.07) is 0. The molecule has 2 heteroatoms. The predicted octanol–water partition coefficient (Wildman–Crippen LogP) is 1.08. The average Bonchev–Trinajstić information content (AvgIpc) is 1.91. The monoisotopic (exact) mass is 142 g/mol. The molecule has 1 nitrogen and oxygen atoms in total. The van der Waals surface area contributed by atoms with Crippen LogP contribution in [0, 0.1) is 6.42 Å². The smallest absolute Gasteiger partial charge is 0.0241 e. The maximum Gasteiger partial charge on any atom is 0.0241 e. The third-order valence-electron chi connectivity index (χ3n) is 1.31. The normalized spacial score (nSPS) is 27.8. The molecular weight excluding hydrogens is 130 g/mol. The molecule has 0 aromatic rings. The first-order valence-electron chi connectivity index (χ1n) is 3.21. The summed E-state index contributed by atoms with van der Waals surface area (Å²) < 4.78 is 0. The van der Waals surface area contributed by atoms with Gasteiger partial charge in [-0.1, -0.05) is 6.08 Å². The van der Waals surface area contributed by atoms with E-state index in [1.165, 1.54) is 5.75 Å². The second kappa shape index (κ2) is 3.96. The molecule has 1 N–H and O–H groups in total. The molecule has 1 radical (unpaired) electrons. The Labute approximate surface area is 60.9 Å². The number of allylic oxidation sites excluding steroid dienone is 1. The highest BCUT2D eigenvalue weighted by atomic mass is 32.2. The molecule has 0 amide bonds. The van der Waals surface area contributed by atoms with Gasteiger partial charge in [0.25, 0.3) is 0 Å². The Balaban J connectivity index is 2.15. The van der Waals surface area contributed by atoms with Crippen molar-refractivity contribution in [2.75, 3.05) is 18.8 Å². The molecule has 1 aliphatic rings. The van der Waals surface area contributed by atoms with Crippen LogP contribution in [-0.2, 0) is 0 Å². The van der Waals surface area contributed by atoms with Gasteiger partial charge in [-0.2, -0.15) is 11.8 Å². The summed E-state index contributed by atoms with van der Waals surface area (Å²) >= 11 is 2.00. The lowest BCUT2D eigenvalue weighted by Gasteiger charge is -2.20. The summed E-state index contributed by atoms with van der Waals surface area (Å²) in [5.41, 5.74) is 0. The number of rotatable bonds is 2. The molecule has 0 bridgehead atoms. The molecule has 1 heterocycles. The van der Waals surface area contributed by atoms with Crippen molar-refractivity contribution in [3.05, 3.63) is 19.1 Å². The van der Waals surface area contributed by atoms with E-state index >= 15 is 0 Å². The van der Waals surface area contributed by atoms with Crippen molar-refractivity contribution >= 4 is 11.8 Å². The van der Waals surface area contributed by atoms with Crippen LogP contribution in [0.25, 0.3) is 0 Å². The molecule has 1 saturated heterocycles. The van der Waals surface area contributed by atoms with Crippen molar-refractivity contribution in [2.24, 2.45) is 0 Å². The Morgan fingerprint density at radius 2 is 2.56 bits per heavy atom. The van der Waals surface area contributed by atoms with Crippen LogP contribution in [-0.4, -0.2) is 24.1 Å². The zero-order valence-electron chi connectivity index (χ0n) is 5.47. The molecule has 0 saturated carbocycles. The summed E-state index contributed by atoms with van der Waals surface area (Å²) in [4.78, 5) is 0. The topological polar surface area (TPSA) is 12.0 Å². The van der Waals surface area contributed by atoms with Gasteiger partial charge in [-0.15, -0.1) is 6.58 Å². The molecule has 0 aromatic carbocycles. The lowest BCUT2D eigenvalue weighted by atomic mass is 10.3. The molecule has 1 aliphatic heterocycles. The van der Waals surface area contributed by atoms with Gasteiger partial charge in [-0.25, -0.2) is 0 Å². The summed E-state index contributed by atoms with van der Waals surface area (Å²) in [6.07, 6.45) is 4.03. The highest BCUT2D eigenvalue weighted by Gasteiger charge is 2.10. The lowest BCUT2D eigenvalue weighted by Crippen LogP contribution is -2.32. The largest absolute Gasteiger partial charge is 0.315 e. The fraction of sp³-hybridized carbons (Fsp3) is 0.571. The molecule has 9 heavy (non-hydrogen) atoms. The van der Waals surface area contributed by atoms with Crippen molar-refractivity contribution in [2.45, 2.75) is 5.25 Å².